The quantitative estimate of drug-likeness (QED) is 0.273. The van der Waals surface area contributed by atoms with Crippen molar-refractivity contribution in [2.75, 3.05) is 13.7 Å². The first-order valence-corrected chi connectivity index (χ1v) is 13.6. The number of benzene rings is 3. The lowest BCUT2D eigenvalue weighted by Crippen LogP contribution is -2.66. The fourth-order valence-corrected chi connectivity index (χ4v) is 4.82. The fourth-order valence-electron chi connectivity index (χ4n) is 4.56. The van der Waals surface area contributed by atoms with E-state index in [1.807, 2.05) is 78.9 Å². The highest BCUT2D eigenvalue weighted by Crippen LogP contribution is 2.32. The van der Waals surface area contributed by atoms with Gasteiger partial charge in [0.1, 0.15) is 42.4 Å². The Bertz CT molecular complexity index is 1140. The number of methoxy groups -OCH3 is 1. The van der Waals surface area contributed by atoms with Crippen molar-refractivity contribution in [3.8, 4) is 5.75 Å². The van der Waals surface area contributed by atoms with Crippen LogP contribution in [-0.2, 0) is 38.8 Å². The molecular weight excluding hydrogens is 564 g/mol. The molecular formula is C31H35BrO7. The Morgan fingerprint density at radius 1 is 0.667 bits per heavy atom. The number of hydrogen-bond donors (Lipinski definition) is 2. The summed E-state index contributed by atoms with van der Waals surface area (Å²) in [7, 11) is 1.61. The van der Waals surface area contributed by atoms with Crippen LogP contribution in [0.2, 0.25) is 0 Å². The molecule has 0 radical (unpaired) electrons. The smallest absolute Gasteiger partial charge is 0.118 e. The van der Waals surface area contributed by atoms with Crippen molar-refractivity contribution in [2.24, 2.45) is 0 Å². The van der Waals surface area contributed by atoms with Crippen LogP contribution in [-0.4, -0.2) is 60.6 Å². The van der Waals surface area contributed by atoms with E-state index in [4.69, 9.17) is 23.7 Å². The first-order chi connectivity index (χ1) is 19.0. The van der Waals surface area contributed by atoms with E-state index < -0.39 is 36.6 Å². The lowest BCUT2D eigenvalue weighted by molar-refractivity contribution is -0.269. The van der Waals surface area contributed by atoms with Gasteiger partial charge in [-0.1, -0.05) is 76.6 Å². The monoisotopic (exact) mass is 598 g/mol. The zero-order valence-electron chi connectivity index (χ0n) is 21.9. The van der Waals surface area contributed by atoms with Crippen LogP contribution in [0.1, 0.15) is 16.7 Å². The Kier molecular flexibility index (Phi) is 11.1. The molecule has 0 unspecified atom stereocenters. The van der Waals surface area contributed by atoms with Crippen LogP contribution in [0, 0.1) is 0 Å². The van der Waals surface area contributed by atoms with Gasteiger partial charge in [-0.3, -0.25) is 0 Å². The Hall–Kier alpha value is -2.56. The zero-order chi connectivity index (χ0) is 27.6. The van der Waals surface area contributed by atoms with Gasteiger partial charge in [-0.05, 0) is 41.0 Å². The van der Waals surface area contributed by atoms with Crippen molar-refractivity contribution < 1.29 is 33.9 Å². The van der Waals surface area contributed by atoms with Crippen molar-refractivity contribution in [1.29, 1.82) is 0 Å². The molecule has 39 heavy (non-hydrogen) atoms. The molecule has 3 aromatic rings. The predicted molar refractivity (Wildman–Crippen MR) is 151 cm³/mol. The molecule has 4 rings (SSSR count). The van der Waals surface area contributed by atoms with Crippen LogP contribution in [0.3, 0.4) is 0 Å². The molecule has 8 heteroatoms. The van der Waals surface area contributed by atoms with E-state index in [1.54, 1.807) is 13.2 Å². The highest BCUT2D eigenvalue weighted by Gasteiger charge is 2.52. The second-order valence-electron chi connectivity index (χ2n) is 9.35. The summed E-state index contributed by atoms with van der Waals surface area (Å²) in [6.07, 6.45) is -4.20. The maximum atomic E-state index is 11.4. The lowest BCUT2D eigenvalue weighted by atomic mass is 9.84. The molecule has 0 aliphatic heterocycles. The van der Waals surface area contributed by atoms with Gasteiger partial charge in [0.2, 0.25) is 0 Å². The molecule has 0 saturated heterocycles. The number of rotatable bonds is 13. The summed E-state index contributed by atoms with van der Waals surface area (Å²) >= 11 is 3.45. The van der Waals surface area contributed by atoms with E-state index in [9.17, 15) is 10.2 Å². The maximum Gasteiger partial charge on any atom is 0.118 e. The van der Waals surface area contributed by atoms with Gasteiger partial charge in [-0.15, -0.1) is 6.58 Å². The number of ether oxygens (including phenoxy) is 5. The van der Waals surface area contributed by atoms with Crippen LogP contribution in [0.25, 0.3) is 0 Å². The van der Waals surface area contributed by atoms with Gasteiger partial charge >= 0.3 is 0 Å². The summed E-state index contributed by atoms with van der Waals surface area (Å²) in [5.74, 6) is 0.739. The molecule has 0 aromatic heterocycles. The summed E-state index contributed by atoms with van der Waals surface area (Å²) in [5, 5.41) is 22.8. The van der Waals surface area contributed by atoms with Crippen LogP contribution in [0.15, 0.2) is 96.0 Å². The van der Waals surface area contributed by atoms with Crippen LogP contribution in [0.5, 0.6) is 5.75 Å². The molecule has 0 bridgehead atoms. The Morgan fingerprint density at radius 2 is 1.15 bits per heavy atom. The lowest BCUT2D eigenvalue weighted by Gasteiger charge is -2.46. The first-order valence-electron chi connectivity index (χ1n) is 12.8. The SMILES string of the molecule is C=CCO[C@@H]1[C@@H](O)[C@H](OCc2ccc(OC)cc2)[C@@H](OCc2ccccc2)[C@@H](OCc2ccc(Br)cc2)[C@H]1O. The molecule has 3 aromatic carbocycles. The van der Waals surface area contributed by atoms with E-state index in [-0.39, 0.29) is 26.4 Å². The number of aliphatic hydroxyl groups excluding tert-OH is 2. The summed E-state index contributed by atoms with van der Waals surface area (Å²) in [6, 6.07) is 25.0. The van der Waals surface area contributed by atoms with Gasteiger partial charge in [0.15, 0.2) is 0 Å². The maximum absolute atomic E-state index is 11.4. The van der Waals surface area contributed by atoms with Crippen molar-refractivity contribution in [3.05, 3.63) is 113 Å². The summed E-state index contributed by atoms with van der Waals surface area (Å²) in [4.78, 5) is 0. The van der Waals surface area contributed by atoms with Gasteiger partial charge in [0.05, 0.1) is 33.5 Å². The van der Waals surface area contributed by atoms with Crippen molar-refractivity contribution >= 4 is 15.9 Å². The fraction of sp³-hybridized carbons (Fsp3) is 0.355. The minimum Gasteiger partial charge on any atom is -0.497 e. The molecule has 1 aliphatic rings. The van der Waals surface area contributed by atoms with Crippen LogP contribution >= 0.6 is 15.9 Å². The highest BCUT2D eigenvalue weighted by atomic mass is 79.9. The van der Waals surface area contributed by atoms with Gasteiger partial charge in [-0.25, -0.2) is 0 Å². The molecule has 0 amide bonds. The van der Waals surface area contributed by atoms with Crippen molar-refractivity contribution in [2.45, 2.75) is 56.4 Å². The number of halogens is 1. The second kappa shape index (κ2) is 14.7. The summed E-state index contributed by atoms with van der Waals surface area (Å²) in [5.41, 5.74) is 2.77. The number of hydrogen-bond acceptors (Lipinski definition) is 7. The second-order valence-corrected chi connectivity index (χ2v) is 10.3. The zero-order valence-corrected chi connectivity index (χ0v) is 23.5. The van der Waals surface area contributed by atoms with E-state index in [0.29, 0.717) is 0 Å². The third kappa shape index (κ3) is 7.99. The molecule has 0 spiro atoms. The molecule has 0 heterocycles. The molecule has 1 saturated carbocycles. The average Bonchev–Trinajstić information content (AvgIpc) is 2.97. The topological polar surface area (TPSA) is 86.6 Å². The Labute approximate surface area is 238 Å². The third-order valence-electron chi connectivity index (χ3n) is 6.64. The van der Waals surface area contributed by atoms with E-state index in [0.717, 1.165) is 26.9 Å². The van der Waals surface area contributed by atoms with Crippen molar-refractivity contribution in [1.82, 2.24) is 0 Å². The molecule has 6 atom stereocenters. The Balaban J connectivity index is 1.59. The third-order valence-corrected chi connectivity index (χ3v) is 7.17. The summed E-state index contributed by atoms with van der Waals surface area (Å²) in [6.45, 7) is 4.54. The van der Waals surface area contributed by atoms with E-state index in [2.05, 4.69) is 22.5 Å². The number of aliphatic hydroxyl groups is 2. The van der Waals surface area contributed by atoms with E-state index in [1.165, 1.54) is 0 Å². The standard InChI is InChI=1S/C31H35BrO7/c1-3-17-36-28-26(33)29(37-19-22-9-13-24(32)14-10-22)31(39-18-21-7-5-4-6-8-21)30(27(28)34)38-20-23-11-15-25(35-2)16-12-23/h3-16,26-31,33-34H,1,17-20H2,2H3/t26-,27+,28-,29-,30-,31-/m0/s1. The summed E-state index contributed by atoms with van der Waals surface area (Å²) < 4.78 is 31.0. The van der Waals surface area contributed by atoms with Crippen LogP contribution < -0.4 is 4.74 Å². The van der Waals surface area contributed by atoms with Gasteiger partial charge in [0.25, 0.3) is 0 Å². The van der Waals surface area contributed by atoms with Crippen LogP contribution in [0.4, 0.5) is 0 Å². The molecule has 1 fully saturated rings. The molecule has 1 aliphatic carbocycles. The predicted octanol–water partition coefficient (Wildman–Crippen LogP) is 4.82. The van der Waals surface area contributed by atoms with Gasteiger partial charge in [0, 0.05) is 4.47 Å². The van der Waals surface area contributed by atoms with Gasteiger partial charge < -0.3 is 33.9 Å². The van der Waals surface area contributed by atoms with Crippen molar-refractivity contribution in [3.63, 3.8) is 0 Å². The molecule has 208 valence electrons. The normalized spacial score (nSPS) is 24.8. The average molecular weight is 600 g/mol. The first kappa shape index (κ1) is 29.4. The minimum absolute atomic E-state index is 0.152. The van der Waals surface area contributed by atoms with E-state index >= 15 is 0 Å². The molecule has 7 nitrogen and oxygen atoms in total. The van der Waals surface area contributed by atoms with Gasteiger partial charge in [-0.2, -0.15) is 0 Å². The molecule has 2 N–H and O–H groups in total. The Morgan fingerprint density at radius 3 is 1.67 bits per heavy atom. The largest absolute Gasteiger partial charge is 0.497 e. The highest BCUT2D eigenvalue weighted by molar-refractivity contribution is 9.10. The minimum atomic E-state index is -1.17.